The van der Waals surface area contributed by atoms with Gasteiger partial charge in [-0.25, -0.2) is 0 Å². The Morgan fingerprint density at radius 1 is 0.952 bits per heavy atom. The maximum Gasteiger partial charge on any atom is 0.228 e. The summed E-state index contributed by atoms with van der Waals surface area (Å²) in [6.45, 7) is 5.95. The van der Waals surface area contributed by atoms with Crippen LogP contribution in [0.1, 0.15) is 32.8 Å². The first-order chi connectivity index (χ1) is 9.94. The van der Waals surface area contributed by atoms with E-state index in [1.807, 2.05) is 51.1 Å². The zero-order valence-electron chi connectivity index (χ0n) is 12.2. The standard InChI is InChI=1S/C18H15BrO2/c1-10-4-11(2)6-13(5-10)17(20)16-9-14-8-15(19)7-12(3)18(14)21-16/h4-9H,1-3H3. The van der Waals surface area contributed by atoms with Crippen molar-refractivity contribution in [2.45, 2.75) is 20.8 Å². The molecule has 3 rings (SSSR count). The number of carbonyl (C=O) groups excluding carboxylic acids is 1. The van der Waals surface area contributed by atoms with Crippen molar-refractivity contribution in [3.63, 3.8) is 0 Å². The van der Waals surface area contributed by atoms with E-state index in [1.165, 1.54) is 0 Å². The Kier molecular flexibility index (Phi) is 3.46. The molecule has 0 fully saturated rings. The number of aryl methyl sites for hydroxylation is 3. The van der Waals surface area contributed by atoms with Crippen molar-refractivity contribution >= 4 is 32.7 Å². The van der Waals surface area contributed by atoms with Gasteiger partial charge in [0.1, 0.15) is 5.58 Å². The largest absolute Gasteiger partial charge is 0.452 e. The highest BCUT2D eigenvalue weighted by atomic mass is 79.9. The number of fused-ring (bicyclic) bond motifs is 1. The van der Waals surface area contributed by atoms with Crippen LogP contribution in [0, 0.1) is 20.8 Å². The molecular weight excluding hydrogens is 328 g/mol. The summed E-state index contributed by atoms with van der Waals surface area (Å²) in [5.41, 5.74) is 4.61. The molecule has 1 heterocycles. The third-order valence-corrected chi connectivity index (χ3v) is 3.93. The van der Waals surface area contributed by atoms with Gasteiger partial charge < -0.3 is 4.42 Å². The van der Waals surface area contributed by atoms with Gasteiger partial charge in [-0.15, -0.1) is 0 Å². The van der Waals surface area contributed by atoms with Crippen molar-refractivity contribution in [1.29, 1.82) is 0 Å². The maximum absolute atomic E-state index is 12.6. The number of carbonyl (C=O) groups is 1. The second kappa shape index (κ2) is 5.15. The van der Waals surface area contributed by atoms with Gasteiger partial charge in [-0.3, -0.25) is 4.79 Å². The van der Waals surface area contributed by atoms with Gasteiger partial charge in [0.15, 0.2) is 5.76 Å². The lowest BCUT2D eigenvalue weighted by Crippen LogP contribution is -2.00. The van der Waals surface area contributed by atoms with Crippen LogP contribution < -0.4 is 0 Å². The van der Waals surface area contributed by atoms with Crippen LogP contribution in [-0.2, 0) is 0 Å². The summed E-state index contributed by atoms with van der Waals surface area (Å²) in [5.74, 6) is 0.310. The average molecular weight is 343 g/mol. The normalized spacial score (nSPS) is 11.0. The quantitative estimate of drug-likeness (QED) is 0.587. The molecule has 3 heteroatoms. The molecule has 0 atom stereocenters. The highest BCUT2D eigenvalue weighted by molar-refractivity contribution is 9.10. The van der Waals surface area contributed by atoms with Crippen LogP contribution in [0.5, 0.6) is 0 Å². The fourth-order valence-electron chi connectivity index (χ4n) is 2.64. The van der Waals surface area contributed by atoms with Crippen LogP contribution in [0.3, 0.4) is 0 Å². The zero-order chi connectivity index (χ0) is 15.1. The van der Waals surface area contributed by atoms with Gasteiger partial charge in [0.25, 0.3) is 0 Å². The van der Waals surface area contributed by atoms with Crippen molar-refractivity contribution in [3.05, 3.63) is 68.9 Å². The number of benzene rings is 2. The lowest BCUT2D eigenvalue weighted by molar-refractivity contribution is 0.101. The Morgan fingerprint density at radius 3 is 2.29 bits per heavy atom. The summed E-state index contributed by atoms with van der Waals surface area (Å²) < 4.78 is 6.76. The maximum atomic E-state index is 12.6. The minimum absolute atomic E-state index is 0.0754. The van der Waals surface area contributed by atoms with Crippen LogP contribution >= 0.6 is 15.9 Å². The molecular formula is C18H15BrO2. The van der Waals surface area contributed by atoms with E-state index >= 15 is 0 Å². The van der Waals surface area contributed by atoms with Gasteiger partial charge in [-0.1, -0.05) is 33.1 Å². The van der Waals surface area contributed by atoms with Crippen LogP contribution in [0.15, 0.2) is 45.3 Å². The number of halogens is 1. The monoisotopic (exact) mass is 342 g/mol. The fourth-order valence-corrected chi connectivity index (χ4v) is 3.23. The van der Waals surface area contributed by atoms with E-state index in [2.05, 4.69) is 22.0 Å². The first-order valence-corrected chi connectivity index (χ1v) is 7.56. The highest BCUT2D eigenvalue weighted by Crippen LogP contribution is 2.28. The van der Waals surface area contributed by atoms with Gasteiger partial charge in [0, 0.05) is 15.4 Å². The van der Waals surface area contributed by atoms with Gasteiger partial charge in [-0.2, -0.15) is 0 Å². The number of ketones is 1. The predicted molar refractivity (Wildman–Crippen MR) is 88.0 cm³/mol. The second-order valence-electron chi connectivity index (χ2n) is 5.46. The molecule has 2 nitrogen and oxygen atoms in total. The molecule has 0 spiro atoms. The lowest BCUT2D eigenvalue weighted by Gasteiger charge is -2.02. The zero-order valence-corrected chi connectivity index (χ0v) is 13.7. The van der Waals surface area contributed by atoms with Crippen molar-refractivity contribution in [1.82, 2.24) is 0 Å². The first-order valence-electron chi connectivity index (χ1n) is 6.77. The molecule has 0 N–H and O–H groups in total. The fraction of sp³-hybridized carbons (Fsp3) is 0.167. The molecule has 0 saturated heterocycles. The Morgan fingerprint density at radius 2 is 1.62 bits per heavy atom. The summed E-state index contributed by atoms with van der Waals surface area (Å²) in [6.07, 6.45) is 0. The Labute approximate surface area is 131 Å². The molecule has 0 aliphatic rings. The third-order valence-electron chi connectivity index (χ3n) is 3.47. The van der Waals surface area contributed by atoms with E-state index in [9.17, 15) is 4.79 Å². The van der Waals surface area contributed by atoms with E-state index in [0.29, 0.717) is 11.3 Å². The van der Waals surface area contributed by atoms with Crippen molar-refractivity contribution < 1.29 is 9.21 Å². The smallest absolute Gasteiger partial charge is 0.228 e. The first kappa shape index (κ1) is 14.1. The summed E-state index contributed by atoms with van der Waals surface area (Å²) in [4.78, 5) is 12.6. The third kappa shape index (κ3) is 2.66. The number of hydrogen-bond acceptors (Lipinski definition) is 2. The molecule has 0 amide bonds. The van der Waals surface area contributed by atoms with Gasteiger partial charge in [0.05, 0.1) is 0 Å². The molecule has 21 heavy (non-hydrogen) atoms. The van der Waals surface area contributed by atoms with E-state index in [-0.39, 0.29) is 5.78 Å². The molecule has 0 saturated carbocycles. The Hall–Kier alpha value is -1.87. The van der Waals surface area contributed by atoms with Crippen LogP contribution in [0.4, 0.5) is 0 Å². The molecule has 0 unspecified atom stereocenters. The number of furan rings is 1. The van der Waals surface area contributed by atoms with E-state index in [4.69, 9.17) is 4.42 Å². The summed E-state index contributed by atoms with van der Waals surface area (Å²) >= 11 is 3.47. The van der Waals surface area contributed by atoms with Crippen molar-refractivity contribution in [2.75, 3.05) is 0 Å². The van der Waals surface area contributed by atoms with Crippen LogP contribution in [-0.4, -0.2) is 5.78 Å². The Balaban J connectivity index is 2.11. The molecule has 1 aromatic heterocycles. The summed E-state index contributed by atoms with van der Waals surface area (Å²) in [6, 6.07) is 11.6. The molecule has 0 aliphatic carbocycles. The lowest BCUT2D eigenvalue weighted by atomic mass is 10.0. The minimum atomic E-state index is -0.0754. The van der Waals surface area contributed by atoms with E-state index < -0.39 is 0 Å². The SMILES string of the molecule is Cc1cc(C)cc(C(=O)c2cc3cc(Br)cc(C)c3o2)c1. The van der Waals surface area contributed by atoms with Gasteiger partial charge >= 0.3 is 0 Å². The molecule has 2 aromatic carbocycles. The molecule has 0 bridgehead atoms. The van der Waals surface area contributed by atoms with Crippen LogP contribution in [0.25, 0.3) is 11.0 Å². The van der Waals surface area contributed by atoms with Gasteiger partial charge in [0.2, 0.25) is 5.78 Å². The minimum Gasteiger partial charge on any atom is -0.452 e. The molecule has 106 valence electrons. The number of rotatable bonds is 2. The predicted octanol–water partition coefficient (Wildman–Crippen LogP) is 5.35. The second-order valence-corrected chi connectivity index (χ2v) is 6.37. The molecule has 0 radical (unpaired) electrons. The average Bonchev–Trinajstić information content (AvgIpc) is 2.80. The summed E-state index contributed by atoms with van der Waals surface area (Å²) in [5, 5.41) is 0.939. The van der Waals surface area contributed by atoms with Crippen LogP contribution in [0.2, 0.25) is 0 Å². The van der Waals surface area contributed by atoms with E-state index in [1.54, 1.807) is 0 Å². The summed E-state index contributed by atoms with van der Waals surface area (Å²) in [7, 11) is 0. The van der Waals surface area contributed by atoms with Crippen molar-refractivity contribution in [3.8, 4) is 0 Å². The Bertz CT molecular complexity index is 839. The highest BCUT2D eigenvalue weighted by Gasteiger charge is 2.16. The van der Waals surface area contributed by atoms with E-state index in [0.717, 1.165) is 32.1 Å². The number of hydrogen-bond donors (Lipinski definition) is 0. The van der Waals surface area contributed by atoms with Crippen molar-refractivity contribution in [2.24, 2.45) is 0 Å². The topological polar surface area (TPSA) is 30.2 Å². The molecule has 0 aliphatic heterocycles. The molecule has 3 aromatic rings. The van der Waals surface area contributed by atoms with Gasteiger partial charge in [-0.05, 0) is 56.7 Å².